The van der Waals surface area contributed by atoms with Gasteiger partial charge in [-0.25, -0.2) is 4.99 Å². The molecule has 2 aromatic rings. The number of nitrogens with zero attached hydrogens (tertiary/aromatic N) is 2. The third-order valence-corrected chi connectivity index (χ3v) is 6.54. The van der Waals surface area contributed by atoms with Crippen molar-refractivity contribution in [2.75, 3.05) is 6.61 Å². The summed E-state index contributed by atoms with van der Waals surface area (Å²) in [5.74, 6) is 0.983. The summed E-state index contributed by atoms with van der Waals surface area (Å²) in [6.07, 6.45) is 6.66. The molecule has 0 radical (unpaired) electrons. The van der Waals surface area contributed by atoms with E-state index in [2.05, 4.69) is 24.9 Å². The highest BCUT2D eigenvalue weighted by Crippen LogP contribution is 2.53. The Balaban J connectivity index is 1.59. The van der Waals surface area contributed by atoms with Crippen LogP contribution in [-0.2, 0) is 15.0 Å². The van der Waals surface area contributed by atoms with Gasteiger partial charge in [0, 0.05) is 29.4 Å². The van der Waals surface area contributed by atoms with Crippen LogP contribution >= 0.6 is 11.6 Å². The van der Waals surface area contributed by atoms with Crippen molar-refractivity contribution in [1.29, 1.82) is 0 Å². The molecule has 4 atom stereocenters. The summed E-state index contributed by atoms with van der Waals surface area (Å²) in [7, 11) is 0. The predicted molar refractivity (Wildman–Crippen MR) is 116 cm³/mol. The van der Waals surface area contributed by atoms with Gasteiger partial charge >= 0.3 is 0 Å². The van der Waals surface area contributed by atoms with Gasteiger partial charge in [-0.3, -0.25) is 4.98 Å². The van der Waals surface area contributed by atoms with E-state index in [9.17, 15) is 0 Å². The number of ether oxygens (including phenoxy) is 3. The minimum absolute atomic E-state index is 0.0708. The second kappa shape index (κ2) is 7.43. The van der Waals surface area contributed by atoms with E-state index in [0.29, 0.717) is 11.6 Å². The third kappa shape index (κ3) is 3.32. The number of nitrogens with two attached hydrogens (primary N) is 1. The van der Waals surface area contributed by atoms with Gasteiger partial charge in [0.05, 0.1) is 17.2 Å². The minimum atomic E-state index is -0.566. The fourth-order valence-corrected chi connectivity index (χ4v) is 5.29. The van der Waals surface area contributed by atoms with Crippen LogP contribution in [0.25, 0.3) is 11.1 Å². The largest absolute Gasteiger partial charge is 0.490 e. The van der Waals surface area contributed by atoms with Crippen LogP contribution in [0, 0.1) is 5.92 Å². The summed E-state index contributed by atoms with van der Waals surface area (Å²) in [6, 6.07) is 8.33. The van der Waals surface area contributed by atoms with Crippen LogP contribution in [0.5, 0.6) is 5.75 Å². The zero-order valence-electron chi connectivity index (χ0n) is 17.2. The summed E-state index contributed by atoms with van der Waals surface area (Å²) in [4.78, 5) is 9.09. The molecule has 2 N–H and O–H groups in total. The lowest BCUT2D eigenvalue weighted by Crippen LogP contribution is -2.52. The standard InChI is InChI=1S/C23H26ClN3O3/c1-13(2)29-17-4-6-21-19(9-17)23(12-28-22(25)27-23)18-8-14(3-5-20(18)30-21)15-7-16(24)11-26-10-15/h3,5,7-8,10-11,13,17,19,21H,4,6,9,12H2,1-2H3,(H2,25,27)/t17-,19-,21?,23?/m0/s1. The maximum Gasteiger partial charge on any atom is 0.283 e. The van der Waals surface area contributed by atoms with Crippen molar-refractivity contribution >= 4 is 17.6 Å². The molecule has 2 unspecified atom stereocenters. The van der Waals surface area contributed by atoms with Crippen molar-refractivity contribution in [2.45, 2.75) is 57.0 Å². The zero-order chi connectivity index (χ0) is 20.9. The monoisotopic (exact) mass is 427 g/mol. The SMILES string of the molecule is CC(C)O[C@H]1CCC2Oc3ccc(-c4cncc(Cl)c4)cc3C3(COC(N)=N3)[C@H]2C1. The molecule has 1 fully saturated rings. The van der Waals surface area contributed by atoms with Crippen molar-refractivity contribution in [1.82, 2.24) is 4.98 Å². The summed E-state index contributed by atoms with van der Waals surface area (Å²) in [6.45, 7) is 4.57. The number of benzene rings is 1. The number of fused-ring (bicyclic) bond motifs is 4. The van der Waals surface area contributed by atoms with E-state index in [1.807, 2.05) is 24.4 Å². The van der Waals surface area contributed by atoms with Crippen molar-refractivity contribution in [3.63, 3.8) is 0 Å². The first-order chi connectivity index (χ1) is 14.4. The summed E-state index contributed by atoms with van der Waals surface area (Å²) < 4.78 is 18.4. The topological polar surface area (TPSA) is 79.0 Å². The van der Waals surface area contributed by atoms with Gasteiger partial charge in [0.25, 0.3) is 6.02 Å². The van der Waals surface area contributed by atoms with E-state index in [1.54, 1.807) is 6.20 Å². The lowest BCUT2D eigenvalue weighted by atomic mass is 9.67. The molecule has 158 valence electrons. The number of rotatable bonds is 3. The molecule has 2 aliphatic heterocycles. The Hall–Kier alpha value is -2.31. The number of hydrogen-bond donors (Lipinski definition) is 1. The average molecular weight is 428 g/mol. The number of pyridine rings is 1. The van der Waals surface area contributed by atoms with Crippen molar-refractivity contribution in [3.8, 4) is 16.9 Å². The Morgan fingerprint density at radius 3 is 2.80 bits per heavy atom. The van der Waals surface area contributed by atoms with Crippen molar-refractivity contribution < 1.29 is 14.2 Å². The van der Waals surface area contributed by atoms with Gasteiger partial charge in [-0.15, -0.1) is 0 Å². The van der Waals surface area contributed by atoms with Crippen LogP contribution in [0.4, 0.5) is 0 Å². The van der Waals surface area contributed by atoms with E-state index >= 15 is 0 Å². The second-order valence-electron chi connectivity index (χ2n) is 8.65. The molecule has 0 saturated heterocycles. The van der Waals surface area contributed by atoms with Crippen LogP contribution in [0.3, 0.4) is 0 Å². The van der Waals surface area contributed by atoms with Gasteiger partial charge in [0.1, 0.15) is 24.0 Å². The summed E-state index contributed by atoms with van der Waals surface area (Å²) in [5, 5.41) is 0.601. The molecular formula is C23H26ClN3O3. The normalized spacial score (nSPS) is 29.7. The Morgan fingerprint density at radius 2 is 2.07 bits per heavy atom. The zero-order valence-corrected chi connectivity index (χ0v) is 17.9. The summed E-state index contributed by atoms with van der Waals surface area (Å²) >= 11 is 6.17. The van der Waals surface area contributed by atoms with Crippen LogP contribution in [0.2, 0.25) is 5.02 Å². The second-order valence-corrected chi connectivity index (χ2v) is 9.08. The van der Waals surface area contributed by atoms with Gasteiger partial charge in [-0.05, 0) is 56.9 Å². The van der Waals surface area contributed by atoms with E-state index in [-0.39, 0.29) is 30.3 Å². The maximum atomic E-state index is 6.46. The van der Waals surface area contributed by atoms with Gasteiger partial charge in [0.2, 0.25) is 0 Å². The summed E-state index contributed by atoms with van der Waals surface area (Å²) in [5.41, 5.74) is 8.43. The minimum Gasteiger partial charge on any atom is -0.490 e. The molecule has 30 heavy (non-hydrogen) atoms. The fourth-order valence-electron chi connectivity index (χ4n) is 5.11. The quantitative estimate of drug-likeness (QED) is 0.790. The molecule has 1 saturated carbocycles. The molecule has 6 nitrogen and oxygen atoms in total. The molecule has 1 spiro atoms. The molecule has 1 aliphatic carbocycles. The Morgan fingerprint density at radius 1 is 1.20 bits per heavy atom. The van der Waals surface area contributed by atoms with E-state index in [1.165, 1.54) is 0 Å². The molecule has 7 heteroatoms. The maximum absolute atomic E-state index is 6.46. The van der Waals surface area contributed by atoms with E-state index < -0.39 is 5.54 Å². The lowest BCUT2D eigenvalue weighted by molar-refractivity contribution is -0.0791. The first-order valence-electron chi connectivity index (χ1n) is 10.5. The first-order valence-corrected chi connectivity index (χ1v) is 10.9. The average Bonchev–Trinajstić information content (AvgIpc) is 3.10. The number of aromatic nitrogens is 1. The fraction of sp³-hybridized carbons (Fsp3) is 0.478. The van der Waals surface area contributed by atoms with Crippen molar-refractivity contribution in [2.24, 2.45) is 16.6 Å². The van der Waals surface area contributed by atoms with Crippen molar-refractivity contribution in [3.05, 3.63) is 47.2 Å². The van der Waals surface area contributed by atoms with Gasteiger partial charge < -0.3 is 19.9 Å². The Bertz CT molecular complexity index is 995. The Labute approximate surface area is 181 Å². The van der Waals surface area contributed by atoms with Crippen LogP contribution in [0.15, 0.2) is 41.7 Å². The number of aliphatic imine (C=N–C) groups is 1. The van der Waals surface area contributed by atoms with Gasteiger partial charge in [-0.2, -0.15) is 0 Å². The molecule has 1 aromatic carbocycles. The Kier molecular flexibility index (Phi) is 4.86. The molecular weight excluding hydrogens is 402 g/mol. The van der Waals surface area contributed by atoms with E-state index in [0.717, 1.165) is 41.7 Å². The van der Waals surface area contributed by atoms with Crippen LogP contribution in [-0.4, -0.2) is 35.9 Å². The number of hydrogen-bond acceptors (Lipinski definition) is 6. The van der Waals surface area contributed by atoms with E-state index in [4.69, 9.17) is 36.5 Å². The molecule has 5 rings (SSSR count). The number of amidine groups is 1. The number of halogens is 1. The highest BCUT2D eigenvalue weighted by atomic mass is 35.5. The molecule has 0 amide bonds. The smallest absolute Gasteiger partial charge is 0.283 e. The lowest BCUT2D eigenvalue weighted by Gasteiger charge is -2.48. The molecule has 3 aliphatic rings. The highest BCUT2D eigenvalue weighted by molar-refractivity contribution is 6.30. The predicted octanol–water partition coefficient (Wildman–Crippen LogP) is 4.30. The van der Waals surface area contributed by atoms with Crippen LogP contribution in [0.1, 0.15) is 38.7 Å². The third-order valence-electron chi connectivity index (χ3n) is 6.33. The molecule has 1 aromatic heterocycles. The van der Waals surface area contributed by atoms with Gasteiger partial charge in [-0.1, -0.05) is 17.7 Å². The first kappa shape index (κ1) is 19.6. The molecule has 3 heterocycles. The molecule has 0 bridgehead atoms. The van der Waals surface area contributed by atoms with Crippen LogP contribution < -0.4 is 10.5 Å². The highest BCUT2D eigenvalue weighted by Gasteiger charge is 2.55. The van der Waals surface area contributed by atoms with Gasteiger partial charge in [0.15, 0.2) is 0 Å².